The van der Waals surface area contributed by atoms with Crippen LogP contribution in [0.2, 0.25) is 0 Å². The first-order valence-electron chi connectivity index (χ1n) is 4.75. The molecule has 0 bridgehead atoms. The van der Waals surface area contributed by atoms with Gasteiger partial charge in [0, 0.05) is 18.0 Å². The topological polar surface area (TPSA) is 67.5 Å². The summed E-state index contributed by atoms with van der Waals surface area (Å²) in [5, 5.41) is 2.81. The highest BCUT2D eigenvalue weighted by Gasteiger charge is 1.93. The molecule has 0 spiro atoms. The molecule has 2 rings (SSSR count). The van der Waals surface area contributed by atoms with E-state index in [1.165, 1.54) is 0 Å². The van der Waals surface area contributed by atoms with E-state index < -0.39 is 0 Å². The molecule has 0 fully saturated rings. The van der Waals surface area contributed by atoms with E-state index in [-0.39, 0.29) is 5.91 Å². The number of nitrogens with two attached hydrogens (primary N) is 1. The highest BCUT2D eigenvalue weighted by atomic mass is 16.1. The second-order valence-corrected chi connectivity index (χ2v) is 2.88. The van der Waals surface area contributed by atoms with Crippen LogP contribution in [-0.4, -0.2) is 12.2 Å². The lowest BCUT2D eigenvalue weighted by Gasteiger charge is -1.89. The molecule has 4 nitrogen and oxygen atoms in total. The van der Waals surface area contributed by atoms with E-state index in [9.17, 15) is 4.79 Å². The Hall–Kier alpha value is -2.36. The lowest BCUT2D eigenvalue weighted by Crippen LogP contribution is -2.09. The van der Waals surface area contributed by atoms with Crippen LogP contribution in [0.1, 0.15) is 10.4 Å². The Balaban J connectivity index is 0.000000165. The molecule has 82 valence electrons. The highest BCUT2D eigenvalue weighted by Crippen LogP contribution is 1.94. The van der Waals surface area contributed by atoms with Gasteiger partial charge >= 0.3 is 0 Å². The van der Waals surface area contributed by atoms with Crippen LogP contribution in [0.25, 0.3) is 0 Å². The van der Waals surface area contributed by atoms with Crippen molar-refractivity contribution in [3.05, 3.63) is 60.4 Å². The Bertz CT molecular complexity index is 394. The fourth-order valence-corrected chi connectivity index (χ4v) is 0.942. The number of carbonyl (C=O) groups is 1. The van der Waals surface area contributed by atoms with E-state index in [0.29, 0.717) is 5.56 Å². The van der Waals surface area contributed by atoms with Gasteiger partial charge in [-0.2, -0.15) is 0 Å². The molecule has 1 aliphatic rings. The summed E-state index contributed by atoms with van der Waals surface area (Å²) in [6.07, 6.45) is 8.90. The van der Waals surface area contributed by atoms with Crippen molar-refractivity contribution >= 4 is 12.2 Å². The van der Waals surface area contributed by atoms with Crippen LogP contribution in [0.3, 0.4) is 0 Å². The fourth-order valence-electron chi connectivity index (χ4n) is 0.942. The molecule has 1 amide bonds. The minimum Gasteiger partial charge on any atom is -0.366 e. The van der Waals surface area contributed by atoms with E-state index in [2.05, 4.69) is 10.3 Å². The van der Waals surface area contributed by atoms with Gasteiger partial charge in [-0.3, -0.25) is 4.79 Å². The van der Waals surface area contributed by atoms with E-state index in [1.54, 1.807) is 36.8 Å². The minimum absolute atomic E-state index is 0.379. The number of rotatable bonds is 1. The lowest BCUT2D eigenvalue weighted by molar-refractivity contribution is 0.100. The summed E-state index contributed by atoms with van der Waals surface area (Å²) in [5.74, 6) is -0.379. The molecule has 0 saturated carbocycles. The Labute approximate surface area is 94.2 Å². The summed E-state index contributed by atoms with van der Waals surface area (Å²) in [4.78, 5) is 14.2. The summed E-state index contributed by atoms with van der Waals surface area (Å²) >= 11 is 0. The van der Waals surface area contributed by atoms with Gasteiger partial charge in [-0.05, 0) is 24.3 Å². The normalized spacial score (nSPS) is 12.0. The van der Waals surface area contributed by atoms with Crippen molar-refractivity contribution < 1.29 is 4.79 Å². The van der Waals surface area contributed by atoms with Gasteiger partial charge < -0.3 is 11.1 Å². The molecule has 0 aromatic heterocycles. The Kier molecular flexibility index (Phi) is 5.13. The minimum atomic E-state index is -0.379. The molecule has 4 heteroatoms. The summed E-state index contributed by atoms with van der Waals surface area (Å²) in [7, 11) is 0. The number of nitrogens with zero attached hydrogens (tertiary/aromatic N) is 1. The van der Waals surface area contributed by atoms with E-state index >= 15 is 0 Å². The molecule has 1 aromatic carbocycles. The van der Waals surface area contributed by atoms with Crippen molar-refractivity contribution in [1.29, 1.82) is 0 Å². The van der Waals surface area contributed by atoms with E-state index in [4.69, 9.17) is 5.73 Å². The maximum absolute atomic E-state index is 10.4. The predicted octanol–water partition coefficient (Wildman–Crippen LogP) is 1.43. The van der Waals surface area contributed by atoms with Gasteiger partial charge in [0.05, 0.1) is 6.34 Å². The number of primary amides is 1. The molecule has 0 atom stereocenters. The molecule has 16 heavy (non-hydrogen) atoms. The van der Waals surface area contributed by atoms with Gasteiger partial charge in [-0.1, -0.05) is 18.2 Å². The SMILES string of the molecule is C1=CN=CNC=C1.NC(=O)c1ccccc1. The quantitative estimate of drug-likeness (QED) is 0.744. The van der Waals surface area contributed by atoms with E-state index in [1.807, 2.05) is 24.4 Å². The average molecular weight is 215 g/mol. The molecular formula is C12H13N3O. The largest absolute Gasteiger partial charge is 0.366 e. The predicted molar refractivity (Wildman–Crippen MR) is 64.9 cm³/mol. The van der Waals surface area contributed by atoms with Crippen LogP contribution in [0.5, 0.6) is 0 Å². The highest BCUT2D eigenvalue weighted by molar-refractivity contribution is 5.92. The van der Waals surface area contributed by atoms with Crippen molar-refractivity contribution in [3.8, 4) is 0 Å². The van der Waals surface area contributed by atoms with Gasteiger partial charge in [0.2, 0.25) is 5.91 Å². The monoisotopic (exact) mass is 215 g/mol. The van der Waals surface area contributed by atoms with Crippen molar-refractivity contribution in [2.45, 2.75) is 0 Å². The zero-order valence-corrected chi connectivity index (χ0v) is 8.71. The lowest BCUT2D eigenvalue weighted by atomic mass is 10.2. The summed E-state index contributed by atoms with van der Waals surface area (Å²) in [6, 6.07) is 8.76. The summed E-state index contributed by atoms with van der Waals surface area (Å²) in [5.41, 5.74) is 5.53. The molecule has 1 heterocycles. The first-order valence-corrected chi connectivity index (χ1v) is 4.75. The van der Waals surface area contributed by atoms with Gasteiger partial charge in [0.15, 0.2) is 0 Å². The van der Waals surface area contributed by atoms with Crippen LogP contribution in [0, 0.1) is 0 Å². The number of allylic oxidation sites excluding steroid dienone is 2. The number of aliphatic imine (C=N–C) groups is 1. The molecule has 1 aromatic rings. The fraction of sp³-hybridized carbons (Fsp3) is 0. The number of hydrogen-bond donors (Lipinski definition) is 2. The van der Waals surface area contributed by atoms with Gasteiger partial charge in [0.1, 0.15) is 0 Å². The second kappa shape index (κ2) is 7.00. The van der Waals surface area contributed by atoms with Gasteiger partial charge in [0.25, 0.3) is 0 Å². The van der Waals surface area contributed by atoms with Gasteiger partial charge in [-0.25, -0.2) is 4.99 Å². The molecule has 0 aliphatic carbocycles. The second-order valence-electron chi connectivity index (χ2n) is 2.88. The number of hydrogen-bond acceptors (Lipinski definition) is 3. The third-order valence-corrected chi connectivity index (χ3v) is 1.68. The van der Waals surface area contributed by atoms with Crippen LogP contribution in [0.15, 0.2) is 59.9 Å². The molecule has 3 N–H and O–H groups in total. The first-order chi connectivity index (χ1) is 7.80. The number of carbonyl (C=O) groups excluding carboxylic acids is 1. The van der Waals surface area contributed by atoms with Crippen molar-refractivity contribution in [3.63, 3.8) is 0 Å². The zero-order valence-electron chi connectivity index (χ0n) is 8.71. The standard InChI is InChI=1S/C7H7NO.C5H6N2/c8-7(9)6-4-2-1-3-5-6;1-2-4-7-5-6-3-1/h1-5H,(H2,8,9);1-5H,(H,6,7). The molecule has 0 saturated heterocycles. The average Bonchev–Trinajstić information content (AvgIpc) is 2.63. The van der Waals surface area contributed by atoms with Gasteiger partial charge in [-0.15, -0.1) is 0 Å². The molecule has 0 radical (unpaired) electrons. The Morgan fingerprint density at radius 2 is 1.94 bits per heavy atom. The van der Waals surface area contributed by atoms with E-state index in [0.717, 1.165) is 0 Å². The third-order valence-electron chi connectivity index (χ3n) is 1.68. The third kappa shape index (κ3) is 4.76. The summed E-state index contributed by atoms with van der Waals surface area (Å²) < 4.78 is 0. The van der Waals surface area contributed by atoms with Crippen LogP contribution >= 0.6 is 0 Å². The van der Waals surface area contributed by atoms with Crippen molar-refractivity contribution in [1.82, 2.24) is 5.32 Å². The smallest absolute Gasteiger partial charge is 0.248 e. The Morgan fingerprint density at radius 1 is 1.19 bits per heavy atom. The molecule has 1 aliphatic heterocycles. The molecule has 0 unspecified atom stereocenters. The number of amides is 1. The number of benzene rings is 1. The maximum atomic E-state index is 10.4. The van der Waals surface area contributed by atoms with Crippen LogP contribution in [-0.2, 0) is 0 Å². The maximum Gasteiger partial charge on any atom is 0.248 e. The zero-order chi connectivity index (χ0) is 11.6. The number of nitrogens with one attached hydrogen (secondary N) is 1. The molecular weight excluding hydrogens is 202 g/mol. The Morgan fingerprint density at radius 3 is 2.56 bits per heavy atom. The summed E-state index contributed by atoms with van der Waals surface area (Å²) in [6.45, 7) is 0. The first kappa shape index (κ1) is 11.7. The van der Waals surface area contributed by atoms with Crippen molar-refractivity contribution in [2.75, 3.05) is 0 Å². The van der Waals surface area contributed by atoms with Crippen molar-refractivity contribution in [2.24, 2.45) is 10.7 Å². The van der Waals surface area contributed by atoms with Crippen LogP contribution in [0.4, 0.5) is 0 Å². The van der Waals surface area contributed by atoms with Crippen LogP contribution < -0.4 is 11.1 Å².